The third kappa shape index (κ3) is 4.89. The molecule has 0 saturated carbocycles. The Kier molecular flexibility index (Phi) is 6.95. The summed E-state index contributed by atoms with van der Waals surface area (Å²) in [4.78, 5) is 0.0919. The summed E-state index contributed by atoms with van der Waals surface area (Å²) in [6.07, 6.45) is 2.55. The van der Waals surface area contributed by atoms with Crippen LogP contribution >= 0.6 is 11.6 Å². The van der Waals surface area contributed by atoms with E-state index >= 15 is 0 Å². The van der Waals surface area contributed by atoms with Crippen LogP contribution in [0.1, 0.15) is 18.4 Å². The quantitative estimate of drug-likeness (QED) is 0.622. The second-order valence-corrected chi connectivity index (χ2v) is 11.0. The first-order valence-electron chi connectivity index (χ1n) is 8.25. The molecule has 26 heavy (non-hydrogen) atoms. The Morgan fingerprint density at radius 1 is 1.19 bits per heavy atom. The topological polar surface area (TPSA) is 84.0 Å². The maximum Gasteiger partial charge on any atom is 0.246 e. The van der Waals surface area contributed by atoms with Crippen molar-refractivity contribution in [3.63, 3.8) is 0 Å². The summed E-state index contributed by atoms with van der Waals surface area (Å²) in [5, 5.41) is 0. The third-order valence-corrected chi connectivity index (χ3v) is 7.90. The van der Waals surface area contributed by atoms with Gasteiger partial charge in [0.15, 0.2) is 0 Å². The van der Waals surface area contributed by atoms with Gasteiger partial charge in [0.1, 0.15) is 10.6 Å². The van der Waals surface area contributed by atoms with Crippen LogP contribution in [0.15, 0.2) is 23.1 Å². The van der Waals surface area contributed by atoms with Crippen molar-refractivity contribution in [1.82, 2.24) is 8.61 Å². The molecular weight excluding hydrogens is 400 g/mol. The van der Waals surface area contributed by atoms with Crippen molar-refractivity contribution in [3.8, 4) is 5.75 Å². The van der Waals surface area contributed by atoms with E-state index in [4.69, 9.17) is 16.3 Å². The highest BCUT2D eigenvalue weighted by molar-refractivity contribution is 7.89. The summed E-state index contributed by atoms with van der Waals surface area (Å²) in [5.41, 5.74) is 0.614. The molecule has 0 atom stereocenters. The van der Waals surface area contributed by atoms with E-state index in [9.17, 15) is 16.8 Å². The number of rotatable bonds is 7. The van der Waals surface area contributed by atoms with E-state index < -0.39 is 20.0 Å². The van der Waals surface area contributed by atoms with Crippen LogP contribution in [0.3, 0.4) is 0 Å². The fourth-order valence-electron chi connectivity index (χ4n) is 2.84. The molecule has 148 valence electrons. The van der Waals surface area contributed by atoms with Gasteiger partial charge >= 0.3 is 0 Å². The molecule has 1 fully saturated rings. The summed E-state index contributed by atoms with van der Waals surface area (Å²) in [6.45, 7) is 1.22. The van der Waals surface area contributed by atoms with Crippen LogP contribution in [-0.2, 0) is 25.9 Å². The van der Waals surface area contributed by atoms with Gasteiger partial charge in [0.2, 0.25) is 20.0 Å². The zero-order valence-electron chi connectivity index (χ0n) is 15.2. The van der Waals surface area contributed by atoms with Crippen molar-refractivity contribution in [2.45, 2.75) is 23.6 Å². The van der Waals surface area contributed by atoms with Crippen molar-refractivity contribution in [1.29, 1.82) is 0 Å². The number of hydrogen-bond acceptors (Lipinski definition) is 5. The number of halogens is 1. The predicted molar refractivity (Wildman–Crippen MR) is 102 cm³/mol. The smallest absolute Gasteiger partial charge is 0.246 e. The first-order chi connectivity index (χ1) is 12.1. The monoisotopic (exact) mass is 424 g/mol. The average Bonchev–Trinajstić information content (AvgIpc) is 2.59. The lowest BCUT2D eigenvalue weighted by atomic mass is 9.99. The fraction of sp³-hybridized carbons (Fsp3) is 0.625. The minimum absolute atomic E-state index is 0.0919. The summed E-state index contributed by atoms with van der Waals surface area (Å²) in [6, 6.07) is 4.89. The van der Waals surface area contributed by atoms with Gasteiger partial charge in [-0.25, -0.2) is 25.4 Å². The van der Waals surface area contributed by atoms with Gasteiger partial charge in [-0.2, -0.15) is 0 Å². The molecular formula is C16H25ClN2O5S2. The minimum Gasteiger partial charge on any atom is -0.492 e. The summed E-state index contributed by atoms with van der Waals surface area (Å²) < 4.78 is 56.8. The van der Waals surface area contributed by atoms with E-state index in [2.05, 4.69) is 0 Å². The number of alkyl halides is 1. The Balaban J connectivity index is 2.15. The van der Waals surface area contributed by atoms with E-state index in [0.29, 0.717) is 38.1 Å². The van der Waals surface area contributed by atoms with E-state index in [1.54, 1.807) is 12.1 Å². The van der Waals surface area contributed by atoms with E-state index in [1.807, 2.05) is 0 Å². The van der Waals surface area contributed by atoms with Crippen LogP contribution in [0.2, 0.25) is 0 Å². The van der Waals surface area contributed by atoms with E-state index in [1.165, 1.54) is 30.7 Å². The lowest BCUT2D eigenvalue weighted by Crippen LogP contribution is -2.39. The van der Waals surface area contributed by atoms with Crippen LogP contribution < -0.4 is 4.74 Å². The Morgan fingerprint density at radius 3 is 2.31 bits per heavy atom. The molecule has 1 aromatic carbocycles. The maximum atomic E-state index is 12.6. The van der Waals surface area contributed by atoms with Crippen molar-refractivity contribution in [3.05, 3.63) is 23.8 Å². The van der Waals surface area contributed by atoms with Crippen LogP contribution in [0.4, 0.5) is 0 Å². The molecule has 0 amide bonds. The molecule has 0 spiro atoms. The SMILES string of the molecule is CN(C)S(=O)(=O)c1cccc(CCl)c1OCC1CCN(S(C)(=O)=O)CC1. The molecule has 1 aliphatic rings. The van der Waals surface area contributed by atoms with Gasteiger partial charge in [-0.3, -0.25) is 0 Å². The molecule has 1 saturated heterocycles. The molecule has 0 aliphatic carbocycles. The number of hydrogen-bond donors (Lipinski definition) is 0. The lowest BCUT2D eigenvalue weighted by molar-refractivity contribution is 0.182. The Labute approximate surface area is 161 Å². The first-order valence-corrected chi connectivity index (χ1v) is 12.1. The number of ether oxygens (including phenoxy) is 1. The maximum absolute atomic E-state index is 12.6. The van der Waals surface area contributed by atoms with Crippen molar-refractivity contribution >= 4 is 31.6 Å². The summed E-state index contributed by atoms with van der Waals surface area (Å²) in [7, 11) is -3.90. The highest BCUT2D eigenvalue weighted by Gasteiger charge is 2.27. The number of piperidine rings is 1. The fourth-order valence-corrected chi connectivity index (χ4v) is 4.99. The normalized spacial score (nSPS) is 17.6. The van der Waals surface area contributed by atoms with Gasteiger partial charge in [-0.1, -0.05) is 12.1 Å². The van der Waals surface area contributed by atoms with Gasteiger partial charge in [0.25, 0.3) is 0 Å². The first kappa shape index (κ1) is 21.4. The highest BCUT2D eigenvalue weighted by atomic mass is 35.5. The standard InChI is InChI=1S/C16H25ClN2O5S2/c1-18(2)26(22,23)15-6-4-5-14(11-17)16(15)24-12-13-7-9-19(10-8-13)25(3,20)21/h4-6,13H,7-12H2,1-3H3. The molecule has 0 N–H and O–H groups in total. The largest absolute Gasteiger partial charge is 0.492 e. The molecule has 0 bridgehead atoms. The summed E-state index contributed by atoms with van der Waals surface area (Å²) in [5.74, 6) is 0.576. The molecule has 1 heterocycles. The van der Waals surface area contributed by atoms with Crippen molar-refractivity contribution < 1.29 is 21.6 Å². The van der Waals surface area contributed by atoms with Crippen LogP contribution in [0, 0.1) is 5.92 Å². The van der Waals surface area contributed by atoms with Gasteiger partial charge in [0.05, 0.1) is 18.7 Å². The van der Waals surface area contributed by atoms with Gasteiger partial charge in [0, 0.05) is 32.7 Å². The van der Waals surface area contributed by atoms with Crippen LogP contribution in [-0.4, -0.2) is 65.5 Å². The second-order valence-electron chi connectivity index (χ2n) is 6.58. The summed E-state index contributed by atoms with van der Waals surface area (Å²) >= 11 is 5.96. The highest BCUT2D eigenvalue weighted by Crippen LogP contribution is 2.32. The van der Waals surface area contributed by atoms with E-state index in [0.717, 1.165) is 4.31 Å². The third-order valence-electron chi connectivity index (χ3n) is 4.47. The lowest BCUT2D eigenvalue weighted by Gasteiger charge is -2.30. The minimum atomic E-state index is -3.66. The van der Waals surface area contributed by atoms with Gasteiger partial charge in [-0.15, -0.1) is 11.6 Å². The number of sulfonamides is 2. The molecule has 7 nitrogen and oxygen atoms in total. The Hall–Kier alpha value is -0.870. The van der Waals surface area contributed by atoms with Crippen molar-refractivity contribution in [2.75, 3.05) is 40.0 Å². The van der Waals surface area contributed by atoms with Gasteiger partial charge in [-0.05, 0) is 24.8 Å². The number of para-hydroxylation sites is 1. The second kappa shape index (κ2) is 8.43. The molecule has 10 heteroatoms. The molecule has 0 unspecified atom stereocenters. The zero-order chi connectivity index (χ0) is 19.5. The molecule has 1 aliphatic heterocycles. The number of benzene rings is 1. The van der Waals surface area contributed by atoms with Crippen LogP contribution in [0.25, 0.3) is 0 Å². The molecule has 0 radical (unpaired) electrons. The molecule has 2 rings (SSSR count). The Morgan fingerprint density at radius 2 is 1.81 bits per heavy atom. The van der Waals surface area contributed by atoms with Crippen LogP contribution in [0.5, 0.6) is 5.75 Å². The van der Waals surface area contributed by atoms with E-state index in [-0.39, 0.29) is 22.4 Å². The molecule has 1 aromatic rings. The zero-order valence-corrected chi connectivity index (χ0v) is 17.6. The number of nitrogens with zero attached hydrogens (tertiary/aromatic N) is 2. The Bertz CT molecular complexity index is 832. The predicted octanol–water partition coefficient (Wildman–Crippen LogP) is 1.73. The molecule has 0 aromatic heterocycles. The van der Waals surface area contributed by atoms with Gasteiger partial charge < -0.3 is 4.74 Å². The van der Waals surface area contributed by atoms with Crippen molar-refractivity contribution in [2.24, 2.45) is 5.92 Å². The average molecular weight is 425 g/mol.